The van der Waals surface area contributed by atoms with Crippen LogP contribution in [0, 0.1) is 15.9 Å². The molecule has 1 N–H and O–H groups in total. The van der Waals surface area contributed by atoms with E-state index < -0.39 is 58.5 Å². The number of benzene rings is 2. The molecular weight excluding hydrogens is 401 g/mol. The molecule has 11 heteroatoms. The Morgan fingerprint density at radius 1 is 1.17 bits per heavy atom. The lowest BCUT2D eigenvalue weighted by Gasteiger charge is -2.20. The summed E-state index contributed by atoms with van der Waals surface area (Å²) in [7, 11) is 0. The van der Waals surface area contributed by atoms with Crippen LogP contribution in [-0.2, 0) is 14.3 Å². The quantitative estimate of drug-likeness (QED) is 0.329. The molecule has 2 aromatic carbocycles. The topological polar surface area (TPSA) is 136 Å². The van der Waals surface area contributed by atoms with Crippen LogP contribution in [-0.4, -0.2) is 46.2 Å². The lowest BCUT2D eigenvalue weighted by atomic mass is 10.1. The van der Waals surface area contributed by atoms with Crippen LogP contribution in [0.5, 0.6) is 0 Å². The first-order valence-electron chi connectivity index (χ1n) is 8.58. The Labute approximate surface area is 168 Å². The number of ether oxygens (including phenoxy) is 1. The van der Waals surface area contributed by atoms with Crippen LogP contribution in [0.3, 0.4) is 0 Å². The van der Waals surface area contributed by atoms with Crippen molar-refractivity contribution in [1.82, 2.24) is 4.90 Å². The number of nitrogens with zero attached hydrogens (tertiary/aromatic N) is 2. The van der Waals surface area contributed by atoms with Crippen LogP contribution in [0.15, 0.2) is 42.5 Å². The number of carbonyl (C=O) groups excluding carboxylic acids is 4. The van der Waals surface area contributed by atoms with E-state index in [2.05, 4.69) is 5.32 Å². The summed E-state index contributed by atoms with van der Waals surface area (Å²) >= 11 is 0. The smallest absolute Gasteiger partial charge is 0.329 e. The molecule has 3 rings (SSSR count). The first-order valence-corrected chi connectivity index (χ1v) is 8.58. The predicted molar refractivity (Wildman–Crippen MR) is 99.0 cm³/mol. The Morgan fingerprint density at radius 2 is 1.77 bits per heavy atom. The highest BCUT2D eigenvalue weighted by Gasteiger charge is 2.41. The van der Waals surface area contributed by atoms with E-state index in [9.17, 15) is 33.7 Å². The van der Waals surface area contributed by atoms with E-state index >= 15 is 0 Å². The number of nitro benzene ring substituents is 1. The fourth-order valence-corrected chi connectivity index (χ4v) is 2.83. The van der Waals surface area contributed by atoms with Gasteiger partial charge in [-0.25, -0.2) is 9.18 Å². The number of nitrogens with one attached hydrogen (secondary N) is 1. The van der Waals surface area contributed by atoms with Crippen molar-refractivity contribution in [3.63, 3.8) is 0 Å². The molecule has 0 unspecified atom stereocenters. The van der Waals surface area contributed by atoms with Crippen molar-refractivity contribution in [2.75, 3.05) is 11.9 Å². The Morgan fingerprint density at radius 3 is 2.33 bits per heavy atom. The van der Waals surface area contributed by atoms with E-state index in [1.165, 1.54) is 19.1 Å². The van der Waals surface area contributed by atoms with Gasteiger partial charge in [-0.05, 0) is 25.1 Å². The van der Waals surface area contributed by atoms with Crippen molar-refractivity contribution in [1.29, 1.82) is 0 Å². The molecule has 0 aliphatic carbocycles. The summed E-state index contributed by atoms with van der Waals surface area (Å²) in [4.78, 5) is 59.6. The monoisotopic (exact) mass is 415 g/mol. The Bertz CT molecular complexity index is 1050. The minimum atomic E-state index is -1.31. The van der Waals surface area contributed by atoms with E-state index in [-0.39, 0.29) is 11.1 Å². The molecule has 2 aromatic rings. The second kappa shape index (κ2) is 8.07. The average molecular weight is 415 g/mol. The Kier molecular flexibility index (Phi) is 5.54. The maximum atomic E-state index is 13.7. The van der Waals surface area contributed by atoms with Gasteiger partial charge in [-0.3, -0.25) is 29.4 Å². The molecule has 1 aliphatic rings. The first-order chi connectivity index (χ1) is 14.2. The number of non-ortho nitro benzene ring substituents is 1. The number of carbonyl (C=O) groups is 4. The van der Waals surface area contributed by atoms with Crippen LogP contribution in [0.25, 0.3) is 0 Å². The van der Waals surface area contributed by atoms with E-state index in [4.69, 9.17) is 4.74 Å². The van der Waals surface area contributed by atoms with E-state index in [1.54, 1.807) is 12.1 Å². The number of hydrogen-bond acceptors (Lipinski definition) is 7. The second-order valence-corrected chi connectivity index (χ2v) is 6.28. The summed E-state index contributed by atoms with van der Waals surface area (Å²) < 4.78 is 18.5. The summed E-state index contributed by atoms with van der Waals surface area (Å²) in [5.74, 6) is -4.23. The minimum Gasteiger partial charge on any atom is -0.454 e. The van der Waals surface area contributed by atoms with Crippen LogP contribution >= 0.6 is 0 Å². The van der Waals surface area contributed by atoms with Crippen LogP contribution < -0.4 is 5.32 Å². The van der Waals surface area contributed by atoms with E-state index in [1.807, 2.05) is 0 Å². The molecule has 0 bridgehead atoms. The molecule has 0 radical (unpaired) electrons. The third kappa shape index (κ3) is 3.85. The average Bonchev–Trinajstić information content (AvgIpc) is 2.97. The van der Waals surface area contributed by atoms with Crippen LogP contribution in [0.4, 0.5) is 15.8 Å². The minimum absolute atomic E-state index is 0.154. The number of fused-ring (bicyclic) bond motifs is 1. The van der Waals surface area contributed by atoms with Crippen molar-refractivity contribution in [3.8, 4) is 0 Å². The highest BCUT2D eigenvalue weighted by atomic mass is 19.1. The molecule has 0 fully saturated rings. The molecule has 1 heterocycles. The van der Waals surface area contributed by atoms with Gasteiger partial charge in [-0.2, -0.15) is 0 Å². The van der Waals surface area contributed by atoms with Crippen molar-refractivity contribution in [2.45, 2.75) is 13.0 Å². The third-order valence-corrected chi connectivity index (χ3v) is 4.33. The molecule has 0 saturated carbocycles. The van der Waals surface area contributed by atoms with Gasteiger partial charge in [-0.15, -0.1) is 0 Å². The van der Waals surface area contributed by atoms with Gasteiger partial charge in [0.2, 0.25) is 0 Å². The second-order valence-electron chi connectivity index (χ2n) is 6.28. The molecule has 1 atom stereocenters. The summed E-state index contributed by atoms with van der Waals surface area (Å²) in [5, 5.41) is 12.8. The normalized spacial score (nSPS) is 13.6. The van der Waals surface area contributed by atoms with Crippen molar-refractivity contribution >= 4 is 35.1 Å². The lowest BCUT2D eigenvalue weighted by molar-refractivity contribution is -0.384. The van der Waals surface area contributed by atoms with Crippen LogP contribution in [0.1, 0.15) is 27.6 Å². The van der Waals surface area contributed by atoms with Gasteiger partial charge in [0.05, 0.1) is 21.7 Å². The van der Waals surface area contributed by atoms with Gasteiger partial charge in [0.25, 0.3) is 23.4 Å². The highest BCUT2D eigenvalue weighted by molar-refractivity contribution is 6.22. The zero-order valence-corrected chi connectivity index (χ0v) is 15.5. The van der Waals surface area contributed by atoms with Crippen LogP contribution in [0.2, 0.25) is 0 Å². The fourth-order valence-electron chi connectivity index (χ4n) is 2.83. The number of anilines is 1. The summed E-state index contributed by atoms with van der Waals surface area (Å²) in [6.45, 7) is 0.413. The van der Waals surface area contributed by atoms with Gasteiger partial charge >= 0.3 is 5.97 Å². The number of esters is 1. The van der Waals surface area contributed by atoms with Crippen molar-refractivity contribution in [3.05, 3.63) is 69.5 Å². The fraction of sp³-hybridized carbons (Fsp3) is 0.158. The van der Waals surface area contributed by atoms with Gasteiger partial charge < -0.3 is 10.1 Å². The Balaban J connectivity index is 1.61. The zero-order valence-electron chi connectivity index (χ0n) is 15.5. The molecule has 10 nitrogen and oxygen atoms in total. The third-order valence-electron chi connectivity index (χ3n) is 4.33. The largest absolute Gasteiger partial charge is 0.454 e. The van der Waals surface area contributed by atoms with Crippen molar-refractivity contribution in [2.24, 2.45) is 0 Å². The van der Waals surface area contributed by atoms with Gasteiger partial charge in [-0.1, -0.05) is 12.1 Å². The number of rotatable bonds is 6. The maximum Gasteiger partial charge on any atom is 0.329 e. The molecule has 0 saturated heterocycles. The van der Waals surface area contributed by atoms with E-state index in [0.717, 1.165) is 23.1 Å². The molecule has 0 spiro atoms. The lowest BCUT2D eigenvalue weighted by Crippen LogP contribution is -2.44. The van der Waals surface area contributed by atoms with E-state index in [0.29, 0.717) is 0 Å². The number of amides is 3. The summed E-state index contributed by atoms with van der Waals surface area (Å²) in [6, 6.07) is 7.31. The SMILES string of the molecule is C[C@H](C(=O)OCC(=O)Nc1cc([N+](=O)[O-])ccc1F)N1C(=O)c2ccccc2C1=O. The standard InChI is InChI=1S/C19H14FN3O7/c1-10(22-17(25)12-4-2-3-5-13(12)18(22)26)19(27)30-9-16(24)21-15-8-11(23(28)29)6-7-14(15)20/h2-8,10H,9H2,1H3,(H,21,24)/t10-/m1/s1. The summed E-state index contributed by atoms with van der Waals surface area (Å²) in [5.41, 5.74) is -0.594. The maximum absolute atomic E-state index is 13.7. The molecule has 1 aliphatic heterocycles. The number of hydrogen-bond donors (Lipinski definition) is 1. The molecule has 30 heavy (non-hydrogen) atoms. The highest BCUT2D eigenvalue weighted by Crippen LogP contribution is 2.25. The number of halogens is 1. The first kappa shape index (κ1) is 20.6. The van der Waals surface area contributed by atoms with Crippen molar-refractivity contribution < 1.29 is 33.2 Å². The molecule has 3 amide bonds. The molecular formula is C19H14FN3O7. The summed E-state index contributed by atoms with van der Waals surface area (Å²) in [6.07, 6.45) is 0. The Hall–Kier alpha value is -4.15. The number of nitro groups is 1. The van der Waals surface area contributed by atoms with Gasteiger partial charge in [0.1, 0.15) is 11.9 Å². The molecule has 154 valence electrons. The van der Waals surface area contributed by atoms with Gasteiger partial charge in [0, 0.05) is 12.1 Å². The number of imide groups is 1. The zero-order chi connectivity index (χ0) is 22.0. The van der Waals surface area contributed by atoms with Gasteiger partial charge in [0.15, 0.2) is 6.61 Å². The molecule has 0 aromatic heterocycles. The predicted octanol–water partition coefficient (Wildman–Crippen LogP) is 1.90.